The average Bonchev–Trinajstić information content (AvgIpc) is 2.82. The van der Waals surface area contributed by atoms with Gasteiger partial charge in [-0.25, -0.2) is 16.8 Å². The number of halogens is 1. The Kier molecular flexibility index (Phi) is 8.52. The molecule has 1 aliphatic heterocycles. The zero-order chi connectivity index (χ0) is 25.8. The van der Waals surface area contributed by atoms with Crippen LogP contribution < -0.4 is 19.1 Å². The van der Waals surface area contributed by atoms with Crippen LogP contribution >= 0.6 is 11.6 Å². The third-order valence-corrected chi connectivity index (χ3v) is 8.75. The SMILES string of the molecule is COc1ccc(S(=O)(=O)N2CCCCC2)cc1NC(=O)CN(c1cc(Cl)ccc1OC)S(C)(=O)=O. The standard InChI is InChI=1S/C22H28ClN3O7S2/c1-32-20-10-8-17(35(30,31)25-11-5-4-6-12-25)14-18(20)24-22(27)15-26(34(3,28)29)19-13-16(23)7-9-21(19)33-2/h7-10,13-14H,4-6,11-12,15H2,1-3H3,(H,24,27). The molecule has 0 spiro atoms. The molecule has 0 aliphatic carbocycles. The van der Waals surface area contributed by atoms with Crippen molar-refractivity contribution in [3.05, 3.63) is 41.4 Å². The average molecular weight is 546 g/mol. The number of methoxy groups -OCH3 is 2. The Morgan fingerprint density at radius 2 is 1.63 bits per heavy atom. The van der Waals surface area contributed by atoms with Gasteiger partial charge in [-0.1, -0.05) is 18.0 Å². The van der Waals surface area contributed by atoms with Crippen molar-refractivity contribution in [1.29, 1.82) is 0 Å². The minimum Gasteiger partial charge on any atom is -0.495 e. The summed E-state index contributed by atoms with van der Waals surface area (Å²) in [4.78, 5) is 13.0. The van der Waals surface area contributed by atoms with Crippen LogP contribution in [-0.2, 0) is 24.8 Å². The van der Waals surface area contributed by atoms with Gasteiger partial charge in [-0.05, 0) is 49.2 Å². The number of nitrogens with zero attached hydrogens (tertiary/aromatic N) is 2. The van der Waals surface area contributed by atoms with Crippen molar-refractivity contribution in [2.45, 2.75) is 24.2 Å². The summed E-state index contributed by atoms with van der Waals surface area (Å²) < 4.78 is 64.0. The predicted molar refractivity (Wildman–Crippen MR) is 134 cm³/mol. The van der Waals surface area contributed by atoms with Crippen LogP contribution in [0.3, 0.4) is 0 Å². The van der Waals surface area contributed by atoms with Crippen molar-refractivity contribution >= 4 is 48.9 Å². The third kappa shape index (κ3) is 6.37. The highest BCUT2D eigenvalue weighted by molar-refractivity contribution is 7.92. The Morgan fingerprint density at radius 3 is 2.23 bits per heavy atom. The second-order valence-electron chi connectivity index (χ2n) is 7.96. The zero-order valence-electron chi connectivity index (χ0n) is 19.7. The third-order valence-electron chi connectivity index (χ3n) is 5.49. The van der Waals surface area contributed by atoms with E-state index in [1.54, 1.807) is 0 Å². The maximum atomic E-state index is 13.1. The lowest BCUT2D eigenvalue weighted by Crippen LogP contribution is -2.38. The number of sulfonamides is 2. The Morgan fingerprint density at radius 1 is 1.00 bits per heavy atom. The fraction of sp³-hybridized carbons (Fsp3) is 0.409. The van der Waals surface area contributed by atoms with E-state index in [-0.39, 0.29) is 32.8 Å². The van der Waals surface area contributed by atoms with Crippen molar-refractivity contribution in [2.24, 2.45) is 0 Å². The number of nitrogens with one attached hydrogen (secondary N) is 1. The molecule has 2 aromatic carbocycles. The zero-order valence-corrected chi connectivity index (χ0v) is 22.0. The molecule has 13 heteroatoms. The maximum absolute atomic E-state index is 13.1. The molecule has 1 amide bonds. The van der Waals surface area contributed by atoms with E-state index in [4.69, 9.17) is 21.1 Å². The highest BCUT2D eigenvalue weighted by Gasteiger charge is 2.28. The van der Waals surface area contributed by atoms with Gasteiger partial charge in [0, 0.05) is 18.1 Å². The highest BCUT2D eigenvalue weighted by atomic mass is 35.5. The predicted octanol–water partition coefficient (Wildman–Crippen LogP) is 2.94. The van der Waals surface area contributed by atoms with E-state index in [0.29, 0.717) is 13.1 Å². The molecular weight excluding hydrogens is 518 g/mol. The summed E-state index contributed by atoms with van der Waals surface area (Å²) in [6.07, 6.45) is 3.50. The second kappa shape index (κ2) is 11.0. The molecule has 0 radical (unpaired) electrons. The van der Waals surface area contributed by atoms with Gasteiger partial charge in [0.25, 0.3) is 0 Å². The molecule has 1 saturated heterocycles. The number of piperidine rings is 1. The van der Waals surface area contributed by atoms with Gasteiger partial charge in [0.15, 0.2) is 0 Å². The smallest absolute Gasteiger partial charge is 0.245 e. The number of hydrogen-bond acceptors (Lipinski definition) is 7. The lowest BCUT2D eigenvalue weighted by atomic mass is 10.2. The van der Waals surface area contributed by atoms with Crippen LogP contribution in [0, 0.1) is 0 Å². The molecule has 0 aromatic heterocycles. The van der Waals surface area contributed by atoms with Gasteiger partial charge in [-0.15, -0.1) is 0 Å². The second-order valence-corrected chi connectivity index (χ2v) is 12.2. The summed E-state index contributed by atoms with van der Waals surface area (Å²) in [6, 6.07) is 8.57. The van der Waals surface area contributed by atoms with Crippen molar-refractivity contribution in [3.63, 3.8) is 0 Å². The fourth-order valence-electron chi connectivity index (χ4n) is 3.76. The van der Waals surface area contributed by atoms with Gasteiger partial charge in [-0.2, -0.15) is 4.31 Å². The normalized spacial score (nSPS) is 14.9. The molecular formula is C22H28ClN3O7S2. The van der Waals surface area contributed by atoms with Crippen molar-refractivity contribution in [3.8, 4) is 11.5 Å². The molecule has 1 N–H and O–H groups in total. The first-order valence-corrected chi connectivity index (χ1v) is 14.4. The Bertz CT molecular complexity index is 1290. The van der Waals surface area contributed by atoms with Crippen LogP contribution in [0.5, 0.6) is 11.5 Å². The Balaban J connectivity index is 1.91. The van der Waals surface area contributed by atoms with Crippen LogP contribution in [0.2, 0.25) is 5.02 Å². The number of carbonyl (C=O) groups excluding carboxylic acids is 1. The summed E-state index contributed by atoms with van der Waals surface area (Å²) >= 11 is 6.04. The molecule has 3 rings (SSSR count). The number of benzene rings is 2. The molecule has 2 aromatic rings. The van der Waals surface area contributed by atoms with Crippen LogP contribution in [0.1, 0.15) is 19.3 Å². The first kappa shape index (κ1) is 27.1. The molecule has 35 heavy (non-hydrogen) atoms. The van der Waals surface area contributed by atoms with Crippen LogP contribution in [0.4, 0.5) is 11.4 Å². The van der Waals surface area contributed by atoms with Gasteiger partial charge in [0.2, 0.25) is 26.0 Å². The monoisotopic (exact) mass is 545 g/mol. The van der Waals surface area contributed by atoms with Crippen molar-refractivity contribution in [1.82, 2.24) is 4.31 Å². The molecule has 1 aliphatic rings. The molecule has 1 heterocycles. The quantitative estimate of drug-likeness (QED) is 0.514. The lowest BCUT2D eigenvalue weighted by molar-refractivity contribution is -0.114. The molecule has 10 nitrogen and oxygen atoms in total. The first-order chi connectivity index (χ1) is 16.5. The number of rotatable bonds is 9. The minimum atomic E-state index is -3.92. The van der Waals surface area contributed by atoms with E-state index in [1.165, 1.54) is 54.9 Å². The van der Waals surface area contributed by atoms with Crippen LogP contribution in [-0.4, -0.2) is 67.2 Å². The Labute approximate surface area is 210 Å². The van der Waals surface area contributed by atoms with E-state index in [2.05, 4.69) is 5.32 Å². The highest BCUT2D eigenvalue weighted by Crippen LogP contribution is 2.33. The molecule has 0 atom stereocenters. The van der Waals surface area contributed by atoms with Crippen LogP contribution in [0.15, 0.2) is 41.3 Å². The molecule has 192 valence electrons. The molecule has 0 saturated carbocycles. The van der Waals surface area contributed by atoms with Crippen molar-refractivity contribution in [2.75, 3.05) is 49.7 Å². The molecule has 0 unspecified atom stereocenters. The number of amides is 1. The van der Waals surface area contributed by atoms with E-state index >= 15 is 0 Å². The fourth-order valence-corrected chi connectivity index (χ4v) is 6.32. The van der Waals surface area contributed by atoms with Gasteiger partial charge in [0.05, 0.1) is 36.7 Å². The first-order valence-electron chi connectivity index (χ1n) is 10.8. The van der Waals surface area contributed by atoms with Gasteiger partial charge >= 0.3 is 0 Å². The van der Waals surface area contributed by atoms with Gasteiger partial charge in [0.1, 0.15) is 18.0 Å². The topological polar surface area (TPSA) is 122 Å². The largest absolute Gasteiger partial charge is 0.495 e. The minimum absolute atomic E-state index is 0.00646. The van der Waals surface area contributed by atoms with Gasteiger partial charge < -0.3 is 14.8 Å². The summed E-state index contributed by atoms with van der Waals surface area (Å²) in [5, 5.41) is 2.83. The van der Waals surface area contributed by atoms with E-state index in [1.807, 2.05) is 0 Å². The molecule has 0 bridgehead atoms. The number of hydrogen-bond donors (Lipinski definition) is 1. The van der Waals surface area contributed by atoms with Gasteiger partial charge in [-0.3, -0.25) is 9.10 Å². The molecule has 1 fully saturated rings. The Hall–Kier alpha value is -2.54. The number of anilines is 2. The summed E-state index contributed by atoms with van der Waals surface area (Å²) in [5.74, 6) is -0.287. The summed E-state index contributed by atoms with van der Waals surface area (Å²) in [5.41, 5.74) is 0.188. The lowest BCUT2D eigenvalue weighted by Gasteiger charge is -2.26. The number of carbonyl (C=O) groups is 1. The summed E-state index contributed by atoms with van der Waals surface area (Å²) in [6.45, 7) is 0.253. The van der Waals surface area contributed by atoms with E-state index in [0.717, 1.165) is 29.8 Å². The van der Waals surface area contributed by atoms with E-state index in [9.17, 15) is 21.6 Å². The van der Waals surface area contributed by atoms with Crippen LogP contribution in [0.25, 0.3) is 0 Å². The van der Waals surface area contributed by atoms with Crippen molar-refractivity contribution < 1.29 is 31.1 Å². The number of ether oxygens (including phenoxy) is 2. The summed E-state index contributed by atoms with van der Waals surface area (Å²) in [7, 11) is -4.93. The van der Waals surface area contributed by atoms with E-state index < -0.39 is 32.5 Å². The maximum Gasteiger partial charge on any atom is 0.245 e.